The van der Waals surface area contributed by atoms with Gasteiger partial charge in [-0.3, -0.25) is 4.79 Å². The van der Waals surface area contributed by atoms with Gasteiger partial charge in [-0.15, -0.1) is 12.4 Å². The molecule has 3 nitrogen and oxygen atoms in total. The second-order valence-electron chi connectivity index (χ2n) is 4.30. The monoisotopic (exact) mass is 388 g/mol. The molecule has 0 bridgehead atoms. The lowest BCUT2D eigenvalue weighted by molar-refractivity contribution is 0.0946. The fourth-order valence-electron chi connectivity index (χ4n) is 1.05. The van der Waals surface area contributed by atoms with E-state index in [1.165, 1.54) is 0 Å². The maximum Gasteiger partial charge on any atom is 0.251 e. The number of nitrogens with two attached hydrogens (primary N) is 1. The fraction of sp³-hybridized carbons (Fsp3) is 0.364. The van der Waals surface area contributed by atoms with Crippen molar-refractivity contribution in [3.05, 3.63) is 32.4 Å². The molecule has 0 fully saturated rings. The van der Waals surface area contributed by atoms with Gasteiger partial charge < -0.3 is 11.1 Å². The molecule has 0 saturated heterocycles. The molecule has 1 aromatic rings. The molecule has 0 aliphatic carbocycles. The molecule has 0 atom stereocenters. The average Bonchev–Trinajstić information content (AvgIpc) is 2.17. The lowest BCUT2D eigenvalue weighted by atomic mass is 10.1. The molecule has 1 rings (SSSR count). The number of rotatable bonds is 3. The largest absolute Gasteiger partial charge is 0.350 e. The summed E-state index contributed by atoms with van der Waals surface area (Å²) in [6.07, 6.45) is 0. The average molecular weight is 389 g/mol. The predicted octanol–water partition coefficient (Wildman–Crippen LogP) is 2.83. The number of carbonyl (C=O) groups is 1. The van der Waals surface area contributed by atoms with Gasteiger partial charge in [-0.1, -0.05) is 11.6 Å². The van der Waals surface area contributed by atoms with Gasteiger partial charge in [0.15, 0.2) is 0 Å². The molecule has 0 aliphatic rings. The first-order valence-electron chi connectivity index (χ1n) is 4.82. The Kier molecular flexibility index (Phi) is 6.76. The third-order valence-electron chi connectivity index (χ3n) is 1.89. The highest BCUT2D eigenvalue weighted by molar-refractivity contribution is 14.1. The molecule has 0 spiro atoms. The van der Waals surface area contributed by atoms with Crippen LogP contribution in [0.5, 0.6) is 0 Å². The van der Waals surface area contributed by atoms with E-state index in [0.29, 0.717) is 17.1 Å². The molecular formula is C11H15Cl2IN2O. The van der Waals surface area contributed by atoms with Crippen LogP contribution < -0.4 is 11.1 Å². The minimum atomic E-state index is -0.407. The minimum Gasteiger partial charge on any atom is -0.350 e. The summed E-state index contributed by atoms with van der Waals surface area (Å²) in [6, 6.07) is 5.16. The van der Waals surface area contributed by atoms with Crippen molar-refractivity contribution in [1.82, 2.24) is 5.32 Å². The fourth-order valence-corrected chi connectivity index (χ4v) is 1.68. The molecule has 3 N–H and O–H groups in total. The Hall–Kier alpha value is -0.0400. The maximum absolute atomic E-state index is 11.7. The van der Waals surface area contributed by atoms with Crippen LogP contribution in [-0.2, 0) is 0 Å². The Morgan fingerprint density at radius 2 is 2.12 bits per heavy atom. The molecule has 0 aliphatic heterocycles. The zero-order valence-electron chi connectivity index (χ0n) is 9.59. The lowest BCUT2D eigenvalue weighted by Crippen LogP contribution is -2.45. The smallest absolute Gasteiger partial charge is 0.251 e. The van der Waals surface area contributed by atoms with Crippen molar-refractivity contribution < 1.29 is 4.79 Å². The van der Waals surface area contributed by atoms with E-state index in [1.54, 1.807) is 18.2 Å². The number of halogens is 3. The first-order valence-corrected chi connectivity index (χ1v) is 6.27. The van der Waals surface area contributed by atoms with E-state index in [9.17, 15) is 4.79 Å². The molecule has 96 valence electrons. The zero-order valence-corrected chi connectivity index (χ0v) is 13.3. The van der Waals surface area contributed by atoms with Gasteiger partial charge in [0, 0.05) is 21.2 Å². The van der Waals surface area contributed by atoms with Gasteiger partial charge in [0.1, 0.15) is 0 Å². The van der Waals surface area contributed by atoms with Crippen LogP contribution in [0.4, 0.5) is 0 Å². The molecule has 1 aromatic carbocycles. The van der Waals surface area contributed by atoms with E-state index in [4.69, 9.17) is 17.3 Å². The zero-order chi connectivity index (χ0) is 12.3. The molecule has 0 heterocycles. The molecule has 0 aromatic heterocycles. The summed E-state index contributed by atoms with van der Waals surface area (Å²) in [6.45, 7) is 4.16. The highest BCUT2D eigenvalue weighted by Gasteiger charge is 2.13. The lowest BCUT2D eigenvalue weighted by Gasteiger charge is -2.18. The van der Waals surface area contributed by atoms with Crippen LogP contribution in [0.2, 0.25) is 5.02 Å². The topological polar surface area (TPSA) is 55.1 Å². The summed E-state index contributed by atoms with van der Waals surface area (Å²) in [5.74, 6) is -0.131. The van der Waals surface area contributed by atoms with Crippen molar-refractivity contribution in [3.63, 3.8) is 0 Å². The van der Waals surface area contributed by atoms with Crippen LogP contribution in [0.25, 0.3) is 0 Å². The van der Waals surface area contributed by atoms with Crippen molar-refractivity contribution in [2.45, 2.75) is 19.4 Å². The Balaban J connectivity index is 0.00000256. The molecule has 17 heavy (non-hydrogen) atoms. The first-order chi connectivity index (χ1) is 7.29. The summed E-state index contributed by atoms with van der Waals surface area (Å²) in [5.41, 5.74) is 5.97. The first kappa shape index (κ1) is 17.0. The van der Waals surface area contributed by atoms with Gasteiger partial charge in [0.2, 0.25) is 0 Å². The standard InChI is InChI=1S/C11H14ClIN2O.ClH/c1-11(2,14)6-15-10(16)7-3-4-8(12)9(13)5-7;/h3-5H,6,14H2,1-2H3,(H,15,16);1H. The molecule has 1 amide bonds. The summed E-state index contributed by atoms with van der Waals surface area (Å²) >= 11 is 7.97. The van der Waals surface area contributed by atoms with E-state index >= 15 is 0 Å². The van der Waals surface area contributed by atoms with Crippen molar-refractivity contribution >= 4 is 52.5 Å². The van der Waals surface area contributed by atoms with Gasteiger partial charge in [-0.2, -0.15) is 0 Å². The Labute approximate surface area is 126 Å². The number of hydrogen-bond donors (Lipinski definition) is 2. The van der Waals surface area contributed by atoms with Gasteiger partial charge >= 0.3 is 0 Å². The molecule has 0 unspecified atom stereocenters. The van der Waals surface area contributed by atoms with Crippen molar-refractivity contribution in [3.8, 4) is 0 Å². The Morgan fingerprint density at radius 3 is 2.59 bits per heavy atom. The highest BCUT2D eigenvalue weighted by Crippen LogP contribution is 2.19. The van der Waals surface area contributed by atoms with Crippen LogP contribution in [0.15, 0.2) is 18.2 Å². The third-order valence-corrected chi connectivity index (χ3v) is 3.43. The van der Waals surface area contributed by atoms with Crippen molar-refractivity contribution in [2.75, 3.05) is 6.54 Å². The summed E-state index contributed by atoms with van der Waals surface area (Å²) in [7, 11) is 0. The van der Waals surface area contributed by atoms with Gasteiger partial charge in [-0.25, -0.2) is 0 Å². The second-order valence-corrected chi connectivity index (χ2v) is 5.87. The SMILES string of the molecule is CC(C)(N)CNC(=O)c1ccc(Cl)c(I)c1.Cl. The Bertz CT molecular complexity index is 405. The number of nitrogens with one attached hydrogen (secondary N) is 1. The number of amides is 1. The quantitative estimate of drug-likeness (QED) is 0.782. The van der Waals surface area contributed by atoms with Crippen molar-refractivity contribution in [2.24, 2.45) is 5.73 Å². The highest BCUT2D eigenvalue weighted by atomic mass is 127. The summed E-state index contributed by atoms with van der Waals surface area (Å²) < 4.78 is 0.860. The van der Waals surface area contributed by atoms with E-state index in [2.05, 4.69) is 27.9 Å². The van der Waals surface area contributed by atoms with Crippen LogP contribution in [-0.4, -0.2) is 18.0 Å². The third kappa shape index (κ3) is 5.90. The van der Waals surface area contributed by atoms with E-state index < -0.39 is 5.54 Å². The molecular weight excluding hydrogens is 374 g/mol. The number of benzene rings is 1. The van der Waals surface area contributed by atoms with Gasteiger partial charge in [-0.05, 0) is 54.6 Å². The van der Waals surface area contributed by atoms with E-state index in [-0.39, 0.29) is 18.3 Å². The van der Waals surface area contributed by atoms with Crippen LogP contribution in [0, 0.1) is 3.57 Å². The van der Waals surface area contributed by atoms with Crippen LogP contribution in [0.1, 0.15) is 24.2 Å². The molecule has 6 heteroatoms. The molecule has 0 radical (unpaired) electrons. The predicted molar refractivity (Wildman–Crippen MR) is 82.0 cm³/mol. The minimum absolute atomic E-state index is 0. The van der Waals surface area contributed by atoms with Crippen molar-refractivity contribution in [1.29, 1.82) is 0 Å². The second kappa shape index (κ2) is 6.78. The van der Waals surface area contributed by atoms with Crippen LogP contribution in [0.3, 0.4) is 0 Å². The van der Waals surface area contributed by atoms with E-state index in [0.717, 1.165) is 3.57 Å². The van der Waals surface area contributed by atoms with Gasteiger partial charge in [0.25, 0.3) is 5.91 Å². The number of carbonyl (C=O) groups excluding carboxylic acids is 1. The summed E-state index contributed by atoms with van der Waals surface area (Å²) in [4.78, 5) is 11.7. The Morgan fingerprint density at radius 1 is 1.53 bits per heavy atom. The van der Waals surface area contributed by atoms with Crippen LogP contribution >= 0.6 is 46.6 Å². The maximum atomic E-state index is 11.7. The summed E-state index contributed by atoms with van der Waals surface area (Å²) in [5, 5.41) is 3.42. The van der Waals surface area contributed by atoms with E-state index in [1.807, 2.05) is 13.8 Å². The van der Waals surface area contributed by atoms with Gasteiger partial charge in [0.05, 0.1) is 5.02 Å². The number of hydrogen-bond acceptors (Lipinski definition) is 2. The molecule has 0 saturated carbocycles. The normalized spacial score (nSPS) is 10.6.